The second kappa shape index (κ2) is 9.22. The molecule has 3 aromatic rings. The number of anilines is 1. The Hall–Kier alpha value is -2.67. The van der Waals surface area contributed by atoms with Crippen LogP contribution in [0.2, 0.25) is 0 Å². The molecule has 0 amide bonds. The van der Waals surface area contributed by atoms with Crippen molar-refractivity contribution in [1.82, 2.24) is 9.88 Å². The number of ether oxygens (including phenoxy) is 1. The van der Waals surface area contributed by atoms with Crippen LogP contribution < -0.4 is 10.1 Å². The summed E-state index contributed by atoms with van der Waals surface area (Å²) in [6.45, 7) is 0.756. The summed E-state index contributed by atoms with van der Waals surface area (Å²) in [7, 11) is 1.91. The third-order valence-electron chi connectivity index (χ3n) is 6.02. The van der Waals surface area contributed by atoms with Crippen LogP contribution in [0.4, 0.5) is 18.9 Å². The number of fused-ring (bicyclic) bond motifs is 1. The third kappa shape index (κ3) is 5.53. The summed E-state index contributed by atoms with van der Waals surface area (Å²) >= 11 is 0. The number of aromatic amines is 1. The largest absolute Gasteiger partial charge is 0.493 e. The fraction of sp³-hybridized carbons (Fsp3) is 0.417. The maximum Gasteiger partial charge on any atom is 0.401 e. The summed E-state index contributed by atoms with van der Waals surface area (Å²) in [5, 5.41) is 4.36. The number of nitrogens with one attached hydrogen (secondary N) is 2. The summed E-state index contributed by atoms with van der Waals surface area (Å²) in [6.07, 6.45) is 0.170. The molecule has 0 spiro atoms. The number of aromatic nitrogens is 1. The molecule has 4 rings (SSSR count). The zero-order chi connectivity index (χ0) is 21.8. The molecular formula is C24H28F3N3O. The van der Waals surface area contributed by atoms with E-state index in [9.17, 15) is 13.2 Å². The number of benzene rings is 2. The van der Waals surface area contributed by atoms with Crippen LogP contribution >= 0.6 is 0 Å². The van der Waals surface area contributed by atoms with Gasteiger partial charge in [0, 0.05) is 30.6 Å². The molecule has 0 radical (unpaired) electrons. The van der Waals surface area contributed by atoms with Gasteiger partial charge in [-0.2, -0.15) is 13.2 Å². The highest BCUT2D eigenvalue weighted by molar-refractivity contribution is 5.92. The lowest BCUT2D eigenvalue weighted by molar-refractivity contribution is -0.147. The Morgan fingerprint density at radius 3 is 2.52 bits per heavy atom. The minimum Gasteiger partial charge on any atom is -0.493 e. The van der Waals surface area contributed by atoms with E-state index in [1.54, 1.807) is 0 Å². The van der Waals surface area contributed by atoms with Gasteiger partial charge in [-0.3, -0.25) is 4.90 Å². The normalized spacial score (nSPS) is 16.0. The van der Waals surface area contributed by atoms with E-state index in [1.807, 2.05) is 37.5 Å². The van der Waals surface area contributed by atoms with Crippen LogP contribution in [0.5, 0.6) is 5.75 Å². The first kappa shape index (κ1) is 21.6. The van der Waals surface area contributed by atoms with Gasteiger partial charge in [0.25, 0.3) is 0 Å². The number of halogens is 3. The van der Waals surface area contributed by atoms with Crippen molar-refractivity contribution in [2.24, 2.45) is 0 Å². The van der Waals surface area contributed by atoms with Crippen LogP contribution in [-0.4, -0.2) is 49.3 Å². The molecule has 1 aliphatic heterocycles. The van der Waals surface area contributed by atoms with Crippen molar-refractivity contribution >= 4 is 16.6 Å². The van der Waals surface area contributed by atoms with Crippen LogP contribution in [-0.2, 0) is 6.42 Å². The van der Waals surface area contributed by atoms with E-state index in [2.05, 4.69) is 28.5 Å². The van der Waals surface area contributed by atoms with Gasteiger partial charge in [-0.05, 0) is 67.2 Å². The maximum atomic E-state index is 12.5. The quantitative estimate of drug-likeness (QED) is 0.514. The van der Waals surface area contributed by atoms with Gasteiger partial charge in [0.1, 0.15) is 5.75 Å². The second-order valence-electron chi connectivity index (χ2n) is 8.17. The number of alkyl halides is 3. The van der Waals surface area contributed by atoms with E-state index in [4.69, 9.17) is 4.74 Å². The van der Waals surface area contributed by atoms with Crippen molar-refractivity contribution in [3.8, 4) is 5.75 Å². The number of hydrogen-bond acceptors (Lipinski definition) is 3. The lowest BCUT2D eigenvalue weighted by Crippen LogP contribution is -2.39. The van der Waals surface area contributed by atoms with Gasteiger partial charge < -0.3 is 15.0 Å². The van der Waals surface area contributed by atoms with E-state index in [0.717, 1.165) is 36.2 Å². The van der Waals surface area contributed by atoms with Crippen molar-refractivity contribution in [2.45, 2.75) is 31.4 Å². The van der Waals surface area contributed by atoms with Gasteiger partial charge in [-0.25, -0.2) is 0 Å². The standard InChI is InChI=1S/C24H28F3N3O/c1-28-23-15-29-22-7-2-17(14-21(22)23)10-13-31-20-5-3-18(4-6-20)19-8-11-30(12-9-19)16-24(25,26)27/h2-7,14-15,19,28-29H,8-13,16H2,1H3. The van der Waals surface area contributed by atoms with Gasteiger partial charge in [0.05, 0.1) is 18.8 Å². The topological polar surface area (TPSA) is 40.3 Å². The Bertz CT molecular complexity index is 989. The molecule has 31 heavy (non-hydrogen) atoms. The molecule has 1 aromatic heterocycles. The molecule has 1 aliphatic rings. The van der Waals surface area contributed by atoms with Gasteiger partial charge in [0.15, 0.2) is 0 Å². The van der Waals surface area contributed by atoms with Crippen LogP contribution in [0, 0.1) is 0 Å². The number of piperidine rings is 1. The van der Waals surface area contributed by atoms with Gasteiger partial charge in [-0.15, -0.1) is 0 Å². The van der Waals surface area contributed by atoms with Crippen molar-refractivity contribution in [1.29, 1.82) is 0 Å². The molecule has 0 saturated carbocycles. The Morgan fingerprint density at radius 1 is 1.10 bits per heavy atom. The molecule has 2 aromatic carbocycles. The first-order chi connectivity index (χ1) is 14.9. The Balaban J connectivity index is 1.26. The first-order valence-electron chi connectivity index (χ1n) is 10.7. The summed E-state index contributed by atoms with van der Waals surface area (Å²) in [4.78, 5) is 4.74. The van der Waals surface area contributed by atoms with Crippen molar-refractivity contribution in [3.63, 3.8) is 0 Å². The van der Waals surface area contributed by atoms with Crippen molar-refractivity contribution < 1.29 is 17.9 Å². The summed E-state index contributed by atoms with van der Waals surface area (Å²) in [6, 6.07) is 14.4. The van der Waals surface area contributed by atoms with E-state index in [1.165, 1.54) is 21.4 Å². The van der Waals surface area contributed by atoms with E-state index < -0.39 is 12.7 Å². The van der Waals surface area contributed by atoms with Crippen molar-refractivity contribution in [2.75, 3.05) is 38.6 Å². The molecule has 0 unspecified atom stereocenters. The number of nitrogens with zero attached hydrogens (tertiary/aromatic N) is 1. The van der Waals surface area contributed by atoms with Crippen LogP contribution in [0.15, 0.2) is 48.7 Å². The predicted molar refractivity (Wildman–Crippen MR) is 118 cm³/mol. The summed E-state index contributed by atoms with van der Waals surface area (Å²) < 4.78 is 43.5. The summed E-state index contributed by atoms with van der Waals surface area (Å²) in [5.41, 5.74) is 4.58. The van der Waals surface area contributed by atoms with Crippen molar-refractivity contribution in [3.05, 3.63) is 59.8 Å². The monoisotopic (exact) mass is 431 g/mol. The van der Waals surface area contributed by atoms with Crippen LogP contribution in [0.1, 0.15) is 29.9 Å². The average molecular weight is 432 g/mol. The zero-order valence-electron chi connectivity index (χ0n) is 17.6. The lowest BCUT2D eigenvalue weighted by Gasteiger charge is -2.32. The molecule has 0 bridgehead atoms. The van der Waals surface area contributed by atoms with Crippen LogP contribution in [0.3, 0.4) is 0 Å². The minimum absolute atomic E-state index is 0.313. The molecule has 4 nitrogen and oxygen atoms in total. The summed E-state index contributed by atoms with van der Waals surface area (Å²) in [5.74, 6) is 1.13. The first-order valence-corrected chi connectivity index (χ1v) is 10.7. The molecule has 1 saturated heterocycles. The van der Waals surface area contributed by atoms with E-state index in [-0.39, 0.29) is 0 Å². The highest BCUT2D eigenvalue weighted by Crippen LogP contribution is 2.30. The van der Waals surface area contributed by atoms with Crippen LogP contribution in [0.25, 0.3) is 10.9 Å². The Morgan fingerprint density at radius 2 is 1.84 bits per heavy atom. The fourth-order valence-corrected chi connectivity index (χ4v) is 4.33. The Kier molecular flexibility index (Phi) is 6.41. The maximum absolute atomic E-state index is 12.5. The lowest BCUT2D eigenvalue weighted by atomic mass is 9.89. The number of rotatable bonds is 7. The number of hydrogen-bond donors (Lipinski definition) is 2. The highest BCUT2D eigenvalue weighted by atomic mass is 19.4. The minimum atomic E-state index is -4.12. The SMILES string of the molecule is CNc1c[nH]c2ccc(CCOc3ccc(C4CCN(CC(F)(F)F)CC4)cc3)cc12. The van der Waals surface area contributed by atoms with Gasteiger partial charge in [-0.1, -0.05) is 18.2 Å². The smallest absolute Gasteiger partial charge is 0.401 e. The molecular weight excluding hydrogens is 403 g/mol. The molecule has 0 aliphatic carbocycles. The molecule has 2 N–H and O–H groups in total. The van der Waals surface area contributed by atoms with Gasteiger partial charge in [0.2, 0.25) is 0 Å². The van der Waals surface area contributed by atoms with Gasteiger partial charge >= 0.3 is 6.18 Å². The highest BCUT2D eigenvalue weighted by Gasteiger charge is 2.32. The number of likely N-dealkylation sites (tertiary alicyclic amines) is 1. The Labute approximate surface area is 180 Å². The predicted octanol–water partition coefficient (Wildman–Crippen LogP) is 5.57. The number of H-pyrrole nitrogens is 1. The molecule has 1 fully saturated rings. The molecule has 0 atom stereocenters. The average Bonchev–Trinajstić information content (AvgIpc) is 3.16. The molecule has 2 heterocycles. The zero-order valence-corrected chi connectivity index (χ0v) is 17.6. The fourth-order valence-electron chi connectivity index (χ4n) is 4.33. The second-order valence-corrected chi connectivity index (χ2v) is 8.17. The van der Waals surface area contributed by atoms with E-state index in [0.29, 0.717) is 25.6 Å². The third-order valence-corrected chi connectivity index (χ3v) is 6.02. The van der Waals surface area contributed by atoms with E-state index >= 15 is 0 Å². The molecule has 7 heteroatoms. The molecule has 166 valence electrons.